The molecule has 1 aliphatic carbocycles. The lowest BCUT2D eigenvalue weighted by atomic mass is 9.92. The van der Waals surface area contributed by atoms with Crippen LogP contribution in [0.2, 0.25) is 0 Å². The molecule has 10 heteroatoms. The largest absolute Gasteiger partial charge is 0.476 e. The summed E-state index contributed by atoms with van der Waals surface area (Å²) in [6.07, 6.45) is 0.632. The van der Waals surface area contributed by atoms with Crippen molar-refractivity contribution in [1.82, 2.24) is 10.3 Å². The third-order valence-corrected chi connectivity index (χ3v) is 6.45. The van der Waals surface area contributed by atoms with Crippen LogP contribution in [0.15, 0.2) is 12.1 Å². The summed E-state index contributed by atoms with van der Waals surface area (Å²) in [5.41, 5.74) is -0.594. The number of halogens is 2. The van der Waals surface area contributed by atoms with Crippen molar-refractivity contribution in [2.24, 2.45) is 11.8 Å². The minimum Gasteiger partial charge on any atom is -0.476 e. The molecule has 0 unspecified atom stereocenters. The molecule has 0 radical (unpaired) electrons. The summed E-state index contributed by atoms with van der Waals surface area (Å²) in [5.74, 6) is -0.524. The number of hydrogen-bond donors (Lipinski definition) is 2. The highest BCUT2D eigenvalue weighted by Gasteiger charge is 2.40. The van der Waals surface area contributed by atoms with Crippen LogP contribution in [0.25, 0.3) is 0 Å². The monoisotopic (exact) mass is 469 g/mol. The Morgan fingerprint density at radius 2 is 2.00 bits per heavy atom. The minimum atomic E-state index is -1.25. The Balaban J connectivity index is 1.75. The normalized spacial score (nSPS) is 20.2. The molecule has 1 amide bonds. The van der Waals surface area contributed by atoms with Gasteiger partial charge < -0.3 is 24.8 Å². The first kappa shape index (κ1) is 25.1. The predicted molar refractivity (Wildman–Crippen MR) is 118 cm³/mol. The number of amides is 1. The van der Waals surface area contributed by atoms with E-state index in [1.54, 1.807) is 24.8 Å². The molecule has 2 fully saturated rings. The number of alkyl halides is 2. The molecule has 1 saturated carbocycles. The zero-order valence-electron chi connectivity index (χ0n) is 19.2. The molecule has 2 atom stereocenters. The number of anilines is 1. The number of carbonyl (C=O) groups excluding carboxylic acids is 2. The van der Waals surface area contributed by atoms with E-state index in [2.05, 4.69) is 10.3 Å². The van der Waals surface area contributed by atoms with Gasteiger partial charge >= 0.3 is 5.97 Å². The lowest BCUT2D eigenvalue weighted by Crippen LogP contribution is -2.54. The first-order valence-corrected chi connectivity index (χ1v) is 11.6. The van der Waals surface area contributed by atoms with E-state index >= 15 is 0 Å². The number of rotatable bonds is 13. The summed E-state index contributed by atoms with van der Waals surface area (Å²) in [7, 11) is 0. The third kappa shape index (κ3) is 5.90. The Kier molecular flexibility index (Phi) is 8.45. The fourth-order valence-corrected chi connectivity index (χ4v) is 3.86. The smallest absolute Gasteiger partial charge is 0.331 e. The zero-order valence-corrected chi connectivity index (χ0v) is 19.2. The number of nitrogens with one attached hydrogen (secondary N) is 1. The van der Waals surface area contributed by atoms with Crippen LogP contribution in [-0.2, 0) is 9.53 Å². The van der Waals surface area contributed by atoms with Gasteiger partial charge in [-0.25, -0.2) is 14.2 Å². The van der Waals surface area contributed by atoms with Gasteiger partial charge in [-0.1, -0.05) is 13.8 Å². The molecule has 1 saturated heterocycles. The van der Waals surface area contributed by atoms with Gasteiger partial charge in [0.1, 0.15) is 23.1 Å². The van der Waals surface area contributed by atoms with E-state index in [0.29, 0.717) is 25.1 Å². The van der Waals surface area contributed by atoms with Crippen LogP contribution in [0.1, 0.15) is 50.0 Å². The average Bonchev–Trinajstić information content (AvgIpc) is 3.57. The highest BCUT2D eigenvalue weighted by atomic mass is 19.1. The highest BCUT2D eigenvalue weighted by molar-refractivity contribution is 5.97. The number of carbonyl (C=O) groups is 2. The Morgan fingerprint density at radius 3 is 2.58 bits per heavy atom. The second-order valence-corrected chi connectivity index (χ2v) is 8.69. The quantitative estimate of drug-likeness (QED) is 0.338. The molecule has 1 aromatic rings. The van der Waals surface area contributed by atoms with Crippen molar-refractivity contribution in [3.63, 3.8) is 0 Å². The Hall–Kier alpha value is -2.49. The second kappa shape index (κ2) is 11.1. The lowest BCUT2D eigenvalue weighted by Gasteiger charge is -2.37. The van der Waals surface area contributed by atoms with E-state index in [1.807, 2.05) is 0 Å². The zero-order chi connectivity index (χ0) is 24.0. The van der Waals surface area contributed by atoms with Gasteiger partial charge in [0.15, 0.2) is 0 Å². The summed E-state index contributed by atoms with van der Waals surface area (Å²) in [6.45, 7) is 3.77. The van der Waals surface area contributed by atoms with Crippen LogP contribution in [0.4, 0.5) is 14.5 Å². The summed E-state index contributed by atoms with van der Waals surface area (Å²) in [4.78, 5) is 31.8. The van der Waals surface area contributed by atoms with Gasteiger partial charge in [-0.2, -0.15) is 0 Å². The van der Waals surface area contributed by atoms with Crippen LogP contribution in [0, 0.1) is 11.8 Å². The molecule has 33 heavy (non-hydrogen) atoms. The van der Waals surface area contributed by atoms with E-state index in [1.165, 1.54) is 6.07 Å². The van der Waals surface area contributed by atoms with E-state index in [9.17, 15) is 23.5 Å². The van der Waals surface area contributed by atoms with E-state index < -0.39 is 30.3 Å². The molecule has 3 rings (SSSR count). The number of nitrogens with zero attached hydrogens (tertiary/aromatic N) is 2. The van der Waals surface area contributed by atoms with Crippen molar-refractivity contribution in [2.75, 3.05) is 44.5 Å². The number of aromatic nitrogens is 1. The van der Waals surface area contributed by atoms with Gasteiger partial charge in [-0.05, 0) is 43.2 Å². The summed E-state index contributed by atoms with van der Waals surface area (Å²) in [6, 6.07) is 3.18. The van der Waals surface area contributed by atoms with Gasteiger partial charge in [0, 0.05) is 13.0 Å². The standard InChI is InChI=1S/C23H33F2N3O5/c1-3-23(4-2,22(31)32-9-5-8-24)27-20(30)18-6-7-19(28-11-17(25)12-28)21(26-18)33-14-16-10-15(16)13-29/h6-7,15-17,29H,3-5,8-14H2,1-2H3,(H,27,30)/t15-,16-/m0/s1. The van der Waals surface area contributed by atoms with Crippen molar-refractivity contribution in [3.05, 3.63) is 17.8 Å². The Bertz CT molecular complexity index is 830. The molecule has 0 bridgehead atoms. The Labute approximate surface area is 192 Å². The maximum Gasteiger partial charge on any atom is 0.331 e. The Morgan fingerprint density at radius 1 is 1.27 bits per heavy atom. The molecule has 0 spiro atoms. The molecule has 8 nitrogen and oxygen atoms in total. The van der Waals surface area contributed by atoms with Crippen molar-refractivity contribution in [2.45, 2.75) is 51.2 Å². The van der Waals surface area contributed by atoms with E-state index in [4.69, 9.17) is 9.47 Å². The first-order chi connectivity index (χ1) is 15.9. The number of ether oxygens (including phenoxy) is 2. The molecule has 2 heterocycles. The van der Waals surface area contributed by atoms with Crippen molar-refractivity contribution >= 4 is 17.6 Å². The number of aliphatic hydroxyl groups is 1. The fourth-order valence-electron chi connectivity index (χ4n) is 3.86. The molecule has 2 N–H and O–H groups in total. The maximum absolute atomic E-state index is 13.4. The van der Waals surface area contributed by atoms with Gasteiger partial charge in [0.25, 0.3) is 5.91 Å². The van der Waals surface area contributed by atoms with Crippen molar-refractivity contribution < 1.29 is 33.0 Å². The molecule has 1 aromatic heterocycles. The molecular weight excluding hydrogens is 436 g/mol. The SMILES string of the molecule is CCC(CC)(NC(=O)c1ccc(N2CC(F)C2)c(OC[C@@H]2C[C@H]2CO)n1)C(=O)OCCCF. The third-order valence-electron chi connectivity index (χ3n) is 6.45. The fraction of sp³-hybridized carbons (Fsp3) is 0.696. The summed E-state index contributed by atoms with van der Waals surface area (Å²) < 4.78 is 36.8. The number of aliphatic hydroxyl groups excluding tert-OH is 1. The van der Waals surface area contributed by atoms with Crippen LogP contribution >= 0.6 is 0 Å². The molecule has 0 aromatic carbocycles. The summed E-state index contributed by atoms with van der Waals surface area (Å²) >= 11 is 0. The second-order valence-electron chi connectivity index (χ2n) is 8.69. The van der Waals surface area contributed by atoms with Crippen molar-refractivity contribution in [1.29, 1.82) is 0 Å². The maximum atomic E-state index is 13.4. The molecule has 1 aliphatic heterocycles. The van der Waals surface area contributed by atoms with Crippen LogP contribution < -0.4 is 15.0 Å². The summed E-state index contributed by atoms with van der Waals surface area (Å²) in [5, 5.41) is 12.0. The van der Waals surface area contributed by atoms with Crippen LogP contribution in [-0.4, -0.2) is 73.3 Å². The molecule has 2 aliphatic rings. The van der Waals surface area contributed by atoms with Crippen LogP contribution in [0.5, 0.6) is 5.88 Å². The number of hydrogen-bond acceptors (Lipinski definition) is 7. The predicted octanol–water partition coefficient (Wildman–Crippen LogP) is 2.44. The topological polar surface area (TPSA) is 101 Å². The van der Waals surface area contributed by atoms with Gasteiger partial charge in [0.2, 0.25) is 5.88 Å². The highest BCUT2D eigenvalue weighted by Crippen LogP contribution is 2.39. The van der Waals surface area contributed by atoms with Gasteiger partial charge in [0.05, 0.1) is 33.0 Å². The molecule has 184 valence electrons. The molecular formula is C23H33F2N3O5. The van der Waals surface area contributed by atoms with E-state index in [0.717, 1.165) is 6.42 Å². The van der Waals surface area contributed by atoms with Gasteiger partial charge in [-0.15, -0.1) is 0 Å². The average molecular weight is 470 g/mol. The van der Waals surface area contributed by atoms with E-state index in [-0.39, 0.29) is 56.1 Å². The minimum absolute atomic E-state index is 0.0563. The van der Waals surface area contributed by atoms with Crippen LogP contribution in [0.3, 0.4) is 0 Å². The number of esters is 1. The van der Waals surface area contributed by atoms with Crippen molar-refractivity contribution in [3.8, 4) is 5.88 Å². The first-order valence-electron chi connectivity index (χ1n) is 11.6. The van der Waals surface area contributed by atoms with Gasteiger partial charge in [-0.3, -0.25) is 9.18 Å². The lowest BCUT2D eigenvalue weighted by molar-refractivity contribution is -0.152. The number of pyridine rings is 1.